The third-order valence-electron chi connectivity index (χ3n) is 2.40. The van der Waals surface area contributed by atoms with Gasteiger partial charge in [0.15, 0.2) is 0 Å². The summed E-state index contributed by atoms with van der Waals surface area (Å²) in [5.74, 6) is -0.609. The normalized spacial score (nSPS) is 11.8. The lowest BCUT2D eigenvalue weighted by Gasteiger charge is -2.10. The predicted molar refractivity (Wildman–Crippen MR) is 58.0 cm³/mol. The van der Waals surface area contributed by atoms with Crippen LogP contribution in [0.1, 0.15) is 30.9 Å². The Morgan fingerprint density at radius 2 is 1.94 bits per heavy atom. The van der Waals surface area contributed by atoms with Gasteiger partial charge in [0.25, 0.3) is 0 Å². The molecule has 5 heteroatoms. The Labute approximate surface area is 97.8 Å². The van der Waals surface area contributed by atoms with E-state index in [4.69, 9.17) is 0 Å². The van der Waals surface area contributed by atoms with Gasteiger partial charge in [0.1, 0.15) is 5.82 Å². The smallest absolute Gasteiger partial charge is 0.313 e. The second-order valence-corrected chi connectivity index (χ2v) is 3.83. The van der Waals surface area contributed by atoms with E-state index in [-0.39, 0.29) is 12.1 Å². The molecule has 0 aliphatic carbocycles. The summed E-state index contributed by atoms with van der Waals surface area (Å²) >= 11 is 0. The molecular weight excluding hydrogens is 234 g/mol. The molecule has 1 N–H and O–H groups in total. The summed E-state index contributed by atoms with van der Waals surface area (Å²) in [4.78, 5) is 0. The zero-order valence-electron chi connectivity index (χ0n) is 9.57. The number of rotatable bonds is 5. The molecule has 0 unspecified atom stereocenters. The summed E-state index contributed by atoms with van der Waals surface area (Å²) in [7, 11) is 0. The molecule has 0 heterocycles. The Balaban J connectivity index is 2.70. The average molecular weight is 249 g/mol. The lowest BCUT2D eigenvalue weighted by atomic mass is 10.1. The van der Waals surface area contributed by atoms with E-state index in [0.717, 1.165) is 31.0 Å². The standard InChI is InChI=1S/C12H15F4N/c1-2-3-6-17-8-9-7-10(12(14,15)16)4-5-11(9)13/h4-5,7,17H,2-3,6,8H2,1H3. The zero-order valence-corrected chi connectivity index (χ0v) is 9.57. The molecule has 0 spiro atoms. The minimum absolute atomic E-state index is 0.0518. The Morgan fingerprint density at radius 3 is 2.53 bits per heavy atom. The molecule has 0 fully saturated rings. The molecule has 0 aliphatic heterocycles. The molecule has 0 amide bonds. The predicted octanol–water partition coefficient (Wildman–Crippen LogP) is 3.73. The monoisotopic (exact) mass is 249 g/mol. The van der Waals surface area contributed by atoms with Crippen molar-refractivity contribution >= 4 is 0 Å². The van der Waals surface area contributed by atoms with E-state index in [1.165, 1.54) is 0 Å². The maximum atomic E-state index is 13.3. The molecule has 17 heavy (non-hydrogen) atoms. The summed E-state index contributed by atoms with van der Waals surface area (Å²) < 4.78 is 50.5. The van der Waals surface area contributed by atoms with Gasteiger partial charge < -0.3 is 5.32 Å². The van der Waals surface area contributed by atoms with E-state index in [2.05, 4.69) is 5.32 Å². The van der Waals surface area contributed by atoms with E-state index in [9.17, 15) is 17.6 Å². The highest BCUT2D eigenvalue weighted by atomic mass is 19.4. The molecule has 1 rings (SSSR count). The van der Waals surface area contributed by atoms with Crippen LogP contribution in [0, 0.1) is 5.82 Å². The molecule has 0 saturated heterocycles. The fourth-order valence-corrected chi connectivity index (χ4v) is 1.41. The van der Waals surface area contributed by atoms with Gasteiger partial charge in [-0.25, -0.2) is 4.39 Å². The molecule has 96 valence electrons. The van der Waals surface area contributed by atoms with E-state index in [1.807, 2.05) is 6.92 Å². The number of alkyl halides is 3. The minimum atomic E-state index is -4.42. The molecule has 0 aliphatic rings. The van der Waals surface area contributed by atoms with E-state index < -0.39 is 17.6 Å². The SMILES string of the molecule is CCCCNCc1cc(C(F)(F)F)ccc1F. The number of unbranched alkanes of at least 4 members (excludes halogenated alkanes) is 1. The lowest BCUT2D eigenvalue weighted by molar-refractivity contribution is -0.137. The minimum Gasteiger partial charge on any atom is -0.313 e. The van der Waals surface area contributed by atoms with Crippen molar-refractivity contribution in [3.8, 4) is 0 Å². The van der Waals surface area contributed by atoms with Gasteiger partial charge in [0.05, 0.1) is 5.56 Å². The first-order valence-corrected chi connectivity index (χ1v) is 5.51. The Bertz CT molecular complexity index is 360. The Morgan fingerprint density at radius 1 is 1.24 bits per heavy atom. The van der Waals surface area contributed by atoms with Crippen molar-refractivity contribution in [3.63, 3.8) is 0 Å². The van der Waals surface area contributed by atoms with Crippen molar-refractivity contribution in [1.29, 1.82) is 0 Å². The number of hydrogen-bond acceptors (Lipinski definition) is 1. The van der Waals surface area contributed by atoms with Crippen LogP contribution < -0.4 is 5.32 Å². The molecule has 1 nitrogen and oxygen atoms in total. The summed E-state index contributed by atoms with van der Waals surface area (Å²) in [6.07, 6.45) is -2.52. The van der Waals surface area contributed by atoms with Crippen LogP contribution in [0.2, 0.25) is 0 Å². The van der Waals surface area contributed by atoms with Crippen LogP contribution in [0.25, 0.3) is 0 Å². The van der Waals surface area contributed by atoms with Crippen LogP contribution in [0.4, 0.5) is 17.6 Å². The van der Waals surface area contributed by atoms with Crippen LogP contribution in [-0.4, -0.2) is 6.54 Å². The van der Waals surface area contributed by atoms with Crippen LogP contribution in [0.3, 0.4) is 0 Å². The molecule has 0 radical (unpaired) electrons. The van der Waals surface area contributed by atoms with Gasteiger partial charge in [-0.3, -0.25) is 0 Å². The van der Waals surface area contributed by atoms with Gasteiger partial charge in [0.2, 0.25) is 0 Å². The lowest BCUT2D eigenvalue weighted by Crippen LogP contribution is -2.16. The number of benzene rings is 1. The van der Waals surface area contributed by atoms with Crippen molar-refractivity contribution in [2.75, 3.05) is 6.54 Å². The van der Waals surface area contributed by atoms with Gasteiger partial charge >= 0.3 is 6.18 Å². The van der Waals surface area contributed by atoms with Gasteiger partial charge in [-0.1, -0.05) is 13.3 Å². The third-order valence-corrected chi connectivity index (χ3v) is 2.40. The summed E-state index contributed by atoms with van der Waals surface area (Å²) in [6, 6.07) is 2.47. The maximum absolute atomic E-state index is 13.3. The molecule has 0 bridgehead atoms. The van der Waals surface area contributed by atoms with Gasteiger partial charge in [0, 0.05) is 12.1 Å². The first-order valence-electron chi connectivity index (χ1n) is 5.51. The van der Waals surface area contributed by atoms with Crippen LogP contribution in [0.15, 0.2) is 18.2 Å². The second-order valence-electron chi connectivity index (χ2n) is 3.83. The van der Waals surface area contributed by atoms with E-state index in [1.54, 1.807) is 0 Å². The summed E-state index contributed by atoms with van der Waals surface area (Å²) in [5.41, 5.74) is -0.762. The quantitative estimate of drug-likeness (QED) is 0.619. The average Bonchev–Trinajstić information content (AvgIpc) is 2.25. The van der Waals surface area contributed by atoms with Crippen molar-refractivity contribution in [2.24, 2.45) is 0 Å². The first-order chi connectivity index (χ1) is 7.95. The zero-order chi connectivity index (χ0) is 12.9. The molecule has 1 aromatic carbocycles. The van der Waals surface area contributed by atoms with Gasteiger partial charge in [-0.05, 0) is 31.2 Å². The summed E-state index contributed by atoms with van der Waals surface area (Å²) in [5, 5.41) is 2.91. The van der Waals surface area contributed by atoms with E-state index >= 15 is 0 Å². The highest BCUT2D eigenvalue weighted by Crippen LogP contribution is 2.30. The third kappa shape index (κ3) is 4.34. The molecule has 0 aromatic heterocycles. The highest BCUT2D eigenvalue weighted by molar-refractivity contribution is 5.27. The number of nitrogens with one attached hydrogen (secondary N) is 1. The first kappa shape index (κ1) is 14.0. The molecule has 0 atom stereocenters. The largest absolute Gasteiger partial charge is 0.416 e. The van der Waals surface area contributed by atoms with Crippen LogP contribution >= 0.6 is 0 Å². The Kier molecular flexibility index (Phi) is 4.93. The van der Waals surface area contributed by atoms with Gasteiger partial charge in [-0.2, -0.15) is 13.2 Å². The fraction of sp³-hybridized carbons (Fsp3) is 0.500. The van der Waals surface area contributed by atoms with Crippen LogP contribution in [0.5, 0.6) is 0 Å². The maximum Gasteiger partial charge on any atom is 0.416 e. The number of hydrogen-bond donors (Lipinski definition) is 1. The summed E-state index contributed by atoms with van der Waals surface area (Å²) in [6.45, 7) is 2.80. The van der Waals surface area contributed by atoms with Crippen molar-refractivity contribution < 1.29 is 17.6 Å². The topological polar surface area (TPSA) is 12.0 Å². The molecular formula is C12H15F4N. The van der Waals surface area contributed by atoms with Crippen LogP contribution in [-0.2, 0) is 12.7 Å². The Hall–Kier alpha value is -1.10. The fourth-order valence-electron chi connectivity index (χ4n) is 1.41. The van der Waals surface area contributed by atoms with Crippen molar-refractivity contribution in [2.45, 2.75) is 32.5 Å². The van der Waals surface area contributed by atoms with E-state index in [0.29, 0.717) is 6.54 Å². The van der Waals surface area contributed by atoms with Crippen molar-refractivity contribution in [1.82, 2.24) is 5.32 Å². The second kappa shape index (κ2) is 6.00. The van der Waals surface area contributed by atoms with Crippen molar-refractivity contribution in [3.05, 3.63) is 35.1 Å². The number of halogens is 4. The molecule has 0 saturated carbocycles. The van der Waals surface area contributed by atoms with Gasteiger partial charge in [-0.15, -0.1) is 0 Å². The molecule has 1 aromatic rings. The highest BCUT2D eigenvalue weighted by Gasteiger charge is 2.30.